The van der Waals surface area contributed by atoms with E-state index in [-0.39, 0.29) is 0 Å². The Morgan fingerprint density at radius 3 is 2.82 bits per heavy atom. The van der Waals surface area contributed by atoms with Gasteiger partial charge in [-0.05, 0) is 61.4 Å². The first-order valence-corrected chi connectivity index (χ1v) is 8.18. The zero-order valence-electron chi connectivity index (χ0n) is 10.5. The number of hydrogen-bond donors (Lipinski definition) is 0. The summed E-state index contributed by atoms with van der Waals surface area (Å²) in [5.74, 6) is 0.811. The molecule has 0 aliphatic heterocycles. The molecule has 17 heavy (non-hydrogen) atoms. The van der Waals surface area contributed by atoms with Crippen molar-refractivity contribution in [3.8, 4) is 0 Å². The average molecular weight is 364 g/mol. The summed E-state index contributed by atoms with van der Waals surface area (Å²) < 4.78 is 3.37. The van der Waals surface area contributed by atoms with Gasteiger partial charge in [-0.1, -0.05) is 22.4 Å². The van der Waals surface area contributed by atoms with Crippen LogP contribution in [-0.2, 0) is 13.0 Å². The van der Waals surface area contributed by atoms with Crippen molar-refractivity contribution in [2.24, 2.45) is 5.92 Å². The van der Waals surface area contributed by atoms with E-state index in [0.29, 0.717) is 0 Å². The predicted molar refractivity (Wildman–Crippen MR) is 78.7 cm³/mol. The quantitative estimate of drug-likeness (QED) is 0.724. The lowest BCUT2D eigenvalue weighted by Crippen LogP contribution is -2.18. The van der Waals surface area contributed by atoms with Crippen LogP contribution < -0.4 is 0 Å². The third-order valence-corrected chi connectivity index (χ3v) is 5.52. The Balaban J connectivity index is 2.12. The van der Waals surface area contributed by atoms with Crippen molar-refractivity contribution in [1.82, 2.24) is 9.78 Å². The maximum Gasteiger partial charge on any atom is 0.0738 e. The van der Waals surface area contributed by atoms with Crippen molar-refractivity contribution in [3.05, 3.63) is 15.9 Å². The first kappa shape index (κ1) is 13.6. The van der Waals surface area contributed by atoms with Crippen molar-refractivity contribution >= 4 is 31.9 Å². The summed E-state index contributed by atoms with van der Waals surface area (Å²) >= 11 is 7.46. The molecule has 0 aromatic carbocycles. The number of aromatic nitrogens is 2. The third-order valence-electron chi connectivity index (χ3n) is 3.65. The molecular formula is C13H20Br2N2. The van der Waals surface area contributed by atoms with E-state index < -0.39 is 0 Å². The van der Waals surface area contributed by atoms with Crippen molar-refractivity contribution in [1.29, 1.82) is 0 Å². The normalized spacial score (nSPS) is 25.2. The lowest BCUT2D eigenvalue weighted by atomic mass is 9.86. The molecule has 2 unspecified atom stereocenters. The van der Waals surface area contributed by atoms with Gasteiger partial charge in [0.1, 0.15) is 0 Å². The van der Waals surface area contributed by atoms with Crippen LogP contribution in [0.4, 0.5) is 0 Å². The van der Waals surface area contributed by atoms with E-state index in [4.69, 9.17) is 0 Å². The van der Waals surface area contributed by atoms with Gasteiger partial charge >= 0.3 is 0 Å². The highest BCUT2D eigenvalue weighted by Crippen LogP contribution is 2.33. The van der Waals surface area contributed by atoms with Crippen LogP contribution in [0, 0.1) is 12.8 Å². The van der Waals surface area contributed by atoms with E-state index in [0.717, 1.165) is 29.4 Å². The van der Waals surface area contributed by atoms with Crippen LogP contribution >= 0.6 is 31.9 Å². The standard InChI is InChI=1S/C13H20Br2N2/c1-3-17-12(13(15)9(2)16-17)8-10-5-4-6-11(14)7-10/h10-11H,3-8H2,1-2H3. The Kier molecular flexibility index (Phi) is 4.70. The van der Waals surface area contributed by atoms with Crippen LogP contribution in [0.25, 0.3) is 0 Å². The molecule has 96 valence electrons. The summed E-state index contributed by atoms with van der Waals surface area (Å²) in [7, 11) is 0. The molecule has 0 N–H and O–H groups in total. The Hall–Kier alpha value is 0.170. The summed E-state index contributed by atoms with van der Waals surface area (Å²) in [6.07, 6.45) is 6.53. The molecule has 2 atom stereocenters. The number of alkyl halides is 1. The second-order valence-corrected chi connectivity index (χ2v) is 7.08. The van der Waals surface area contributed by atoms with E-state index in [1.165, 1.54) is 35.8 Å². The summed E-state index contributed by atoms with van der Waals surface area (Å²) in [5, 5.41) is 4.57. The minimum absolute atomic E-state index is 0.721. The van der Waals surface area contributed by atoms with Gasteiger partial charge in [0, 0.05) is 11.4 Å². The Morgan fingerprint density at radius 2 is 2.18 bits per heavy atom. The number of halogens is 2. The van der Waals surface area contributed by atoms with Crippen LogP contribution in [0.5, 0.6) is 0 Å². The largest absolute Gasteiger partial charge is 0.268 e. The molecule has 2 rings (SSSR count). The second-order valence-electron chi connectivity index (χ2n) is 5.00. The fourth-order valence-corrected chi connectivity index (χ4v) is 4.05. The number of nitrogens with zero attached hydrogens (tertiary/aromatic N) is 2. The molecule has 2 nitrogen and oxygen atoms in total. The topological polar surface area (TPSA) is 17.8 Å². The summed E-state index contributed by atoms with van der Waals surface area (Å²) in [5.41, 5.74) is 2.50. The fourth-order valence-electron chi connectivity index (χ4n) is 2.75. The molecule has 0 amide bonds. The molecule has 1 aromatic rings. The monoisotopic (exact) mass is 362 g/mol. The fraction of sp³-hybridized carbons (Fsp3) is 0.769. The molecule has 4 heteroatoms. The first-order valence-electron chi connectivity index (χ1n) is 6.47. The van der Waals surface area contributed by atoms with Crippen molar-refractivity contribution in [2.45, 2.75) is 57.3 Å². The van der Waals surface area contributed by atoms with Gasteiger partial charge in [-0.15, -0.1) is 0 Å². The SMILES string of the molecule is CCn1nc(C)c(Br)c1CC1CCCC(Br)C1. The number of hydrogen-bond acceptors (Lipinski definition) is 1. The average Bonchev–Trinajstić information content (AvgIpc) is 2.57. The van der Waals surface area contributed by atoms with Gasteiger partial charge in [0.05, 0.1) is 15.9 Å². The third kappa shape index (κ3) is 3.14. The minimum Gasteiger partial charge on any atom is -0.268 e. The maximum absolute atomic E-state index is 4.57. The van der Waals surface area contributed by atoms with Crippen LogP contribution in [0.15, 0.2) is 4.47 Å². The molecule has 1 aliphatic rings. The van der Waals surface area contributed by atoms with Gasteiger partial charge in [0.25, 0.3) is 0 Å². The Bertz CT molecular complexity index is 387. The highest BCUT2D eigenvalue weighted by atomic mass is 79.9. The van der Waals surface area contributed by atoms with Crippen LogP contribution in [0.2, 0.25) is 0 Å². The summed E-state index contributed by atoms with van der Waals surface area (Å²) in [6, 6.07) is 0. The van der Waals surface area contributed by atoms with Crippen LogP contribution in [0.1, 0.15) is 44.0 Å². The van der Waals surface area contributed by atoms with Crippen LogP contribution in [-0.4, -0.2) is 14.6 Å². The van der Waals surface area contributed by atoms with E-state index in [1.54, 1.807) is 0 Å². The maximum atomic E-state index is 4.57. The molecular weight excluding hydrogens is 344 g/mol. The number of aryl methyl sites for hydroxylation is 2. The predicted octanol–water partition coefficient (Wildman–Crippen LogP) is 4.47. The lowest BCUT2D eigenvalue weighted by molar-refractivity contribution is 0.359. The van der Waals surface area contributed by atoms with Gasteiger partial charge in [0.2, 0.25) is 0 Å². The van der Waals surface area contributed by atoms with E-state index >= 15 is 0 Å². The zero-order valence-corrected chi connectivity index (χ0v) is 13.7. The molecule has 1 saturated carbocycles. The van der Waals surface area contributed by atoms with Gasteiger partial charge in [0.15, 0.2) is 0 Å². The van der Waals surface area contributed by atoms with Crippen molar-refractivity contribution in [3.63, 3.8) is 0 Å². The highest BCUT2D eigenvalue weighted by molar-refractivity contribution is 9.10. The van der Waals surface area contributed by atoms with E-state index in [9.17, 15) is 0 Å². The van der Waals surface area contributed by atoms with E-state index in [1.807, 2.05) is 0 Å². The van der Waals surface area contributed by atoms with Crippen LogP contribution in [0.3, 0.4) is 0 Å². The molecule has 1 aliphatic carbocycles. The Morgan fingerprint density at radius 1 is 1.41 bits per heavy atom. The van der Waals surface area contributed by atoms with E-state index in [2.05, 4.69) is 55.5 Å². The zero-order chi connectivity index (χ0) is 12.4. The first-order chi connectivity index (χ1) is 8.11. The summed E-state index contributed by atoms with van der Waals surface area (Å²) in [4.78, 5) is 0.721. The molecule has 0 radical (unpaired) electrons. The van der Waals surface area contributed by atoms with Gasteiger partial charge < -0.3 is 0 Å². The lowest BCUT2D eigenvalue weighted by Gasteiger charge is -2.25. The molecule has 1 fully saturated rings. The molecule has 1 heterocycles. The molecule has 0 spiro atoms. The van der Waals surface area contributed by atoms with Gasteiger partial charge in [-0.25, -0.2) is 0 Å². The second kappa shape index (κ2) is 5.87. The molecule has 1 aromatic heterocycles. The number of rotatable bonds is 3. The smallest absolute Gasteiger partial charge is 0.0738 e. The minimum atomic E-state index is 0.721. The van der Waals surface area contributed by atoms with Gasteiger partial charge in [-0.2, -0.15) is 5.10 Å². The molecule has 0 bridgehead atoms. The van der Waals surface area contributed by atoms with Crippen molar-refractivity contribution < 1.29 is 0 Å². The van der Waals surface area contributed by atoms with Gasteiger partial charge in [-0.3, -0.25) is 4.68 Å². The van der Waals surface area contributed by atoms with Crippen molar-refractivity contribution in [2.75, 3.05) is 0 Å². The summed E-state index contributed by atoms with van der Waals surface area (Å²) in [6.45, 7) is 5.21. The molecule has 0 saturated heterocycles. The highest BCUT2D eigenvalue weighted by Gasteiger charge is 2.23. The Labute approximate surface area is 120 Å².